The molecule has 0 radical (unpaired) electrons. The second-order valence-electron chi connectivity index (χ2n) is 7.31. The Morgan fingerprint density at radius 3 is 2.68 bits per heavy atom. The van der Waals surface area contributed by atoms with Gasteiger partial charge in [-0.1, -0.05) is 61.3 Å². The number of aromatic nitrogens is 3. The van der Waals surface area contributed by atoms with E-state index in [1.807, 2.05) is 29.7 Å². The summed E-state index contributed by atoms with van der Waals surface area (Å²) in [6.07, 6.45) is 3.49. The van der Waals surface area contributed by atoms with Crippen LogP contribution in [0, 0.1) is 12.7 Å². The third kappa shape index (κ3) is 6.55. The van der Waals surface area contributed by atoms with Crippen LogP contribution in [0.1, 0.15) is 49.6 Å². The summed E-state index contributed by atoms with van der Waals surface area (Å²) < 4.78 is 15.1. The van der Waals surface area contributed by atoms with Gasteiger partial charge in [-0.15, -0.1) is 10.2 Å². The van der Waals surface area contributed by atoms with Crippen molar-refractivity contribution < 1.29 is 9.18 Å². The van der Waals surface area contributed by atoms with Crippen molar-refractivity contribution in [3.8, 4) is 5.69 Å². The molecule has 0 spiro atoms. The van der Waals surface area contributed by atoms with Crippen LogP contribution in [0.2, 0.25) is 5.02 Å². The van der Waals surface area contributed by atoms with E-state index in [1.54, 1.807) is 12.1 Å². The Labute approximate surface area is 191 Å². The Kier molecular flexibility index (Phi) is 8.49. The van der Waals surface area contributed by atoms with E-state index >= 15 is 0 Å². The number of carbonyl (C=O) groups is 1. The van der Waals surface area contributed by atoms with Gasteiger partial charge in [-0.3, -0.25) is 9.36 Å². The largest absolute Gasteiger partial charge is 0.349 e. The number of benzene rings is 2. The molecule has 0 unspecified atom stereocenters. The highest BCUT2D eigenvalue weighted by molar-refractivity contribution is 7.98. The fraction of sp³-hybridized carbons (Fsp3) is 0.348. The summed E-state index contributed by atoms with van der Waals surface area (Å²) in [4.78, 5) is 12.2. The molecule has 0 fully saturated rings. The van der Waals surface area contributed by atoms with E-state index in [1.165, 1.54) is 23.9 Å². The minimum absolute atomic E-state index is 0.00586. The molecule has 1 heterocycles. The number of rotatable bonds is 10. The maximum Gasteiger partial charge on any atom is 0.220 e. The number of aryl methyl sites for hydroxylation is 1. The van der Waals surface area contributed by atoms with Gasteiger partial charge in [-0.2, -0.15) is 0 Å². The van der Waals surface area contributed by atoms with Gasteiger partial charge in [0.05, 0.1) is 12.2 Å². The number of nitrogens with one attached hydrogen (secondary N) is 1. The molecule has 2 aromatic carbocycles. The van der Waals surface area contributed by atoms with Crippen molar-refractivity contribution in [2.45, 2.75) is 57.0 Å². The average molecular weight is 461 g/mol. The zero-order valence-corrected chi connectivity index (χ0v) is 19.3. The van der Waals surface area contributed by atoms with Crippen LogP contribution in [0.3, 0.4) is 0 Å². The summed E-state index contributed by atoms with van der Waals surface area (Å²) in [5.41, 5.74) is 2.87. The van der Waals surface area contributed by atoms with Crippen LogP contribution in [0.4, 0.5) is 4.39 Å². The van der Waals surface area contributed by atoms with E-state index in [4.69, 9.17) is 11.6 Å². The lowest BCUT2D eigenvalue weighted by atomic mass is 10.2. The molecule has 1 amide bonds. The Hall–Kier alpha value is -2.38. The molecule has 0 aliphatic carbocycles. The summed E-state index contributed by atoms with van der Waals surface area (Å²) in [5, 5.41) is 12.9. The number of hydrogen-bond acceptors (Lipinski definition) is 4. The minimum Gasteiger partial charge on any atom is -0.349 e. The van der Waals surface area contributed by atoms with E-state index in [0.717, 1.165) is 36.1 Å². The molecule has 0 aliphatic heterocycles. The topological polar surface area (TPSA) is 59.8 Å². The third-order valence-corrected chi connectivity index (χ3v) is 6.08. The molecule has 1 aromatic heterocycles. The van der Waals surface area contributed by atoms with Gasteiger partial charge < -0.3 is 5.32 Å². The monoisotopic (exact) mass is 460 g/mol. The fourth-order valence-electron chi connectivity index (χ4n) is 3.10. The van der Waals surface area contributed by atoms with Gasteiger partial charge >= 0.3 is 0 Å². The van der Waals surface area contributed by atoms with Crippen LogP contribution in [-0.4, -0.2) is 20.7 Å². The van der Waals surface area contributed by atoms with Crippen molar-refractivity contribution in [2.24, 2.45) is 0 Å². The molecule has 31 heavy (non-hydrogen) atoms. The second kappa shape index (κ2) is 11.3. The standard InChI is InChI=1S/C23H26ClFN4OS/c1-3-4-5-6-22(30)26-14-21-27-28-23(31-15-17-8-11-19(25)12-9-17)29(21)20-13-18(24)10-7-16(20)2/h7-13H,3-6,14-15H2,1-2H3,(H,26,30). The summed E-state index contributed by atoms with van der Waals surface area (Å²) in [6.45, 7) is 4.38. The van der Waals surface area contributed by atoms with Gasteiger partial charge in [0.15, 0.2) is 11.0 Å². The lowest BCUT2D eigenvalue weighted by molar-refractivity contribution is -0.121. The summed E-state index contributed by atoms with van der Waals surface area (Å²) in [6, 6.07) is 12.1. The van der Waals surface area contributed by atoms with Crippen LogP contribution in [0.15, 0.2) is 47.6 Å². The molecule has 8 heteroatoms. The highest BCUT2D eigenvalue weighted by Gasteiger charge is 2.17. The Morgan fingerprint density at radius 1 is 1.16 bits per heavy atom. The minimum atomic E-state index is -0.261. The first-order valence-corrected chi connectivity index (χ1v) is 11.7. The first-order valence-electron chi connectivity index (χ1n) is 10.3. The second-order valence-corrected chi connectivity index (χ2v) is 8.69. The van der Waals surface area contributed by atoms with Gasteiger partial charge in [0, 0.05) is 17.2 Å². The number of nitrogens with zero attached hydrogens (tertiary/aromatic N) is 3. The van der Waals surface area contributed by atoms with E-state index in [0.29, 0.717) is 28.2 Å². The van der Waals surface area contributed by atoms with Crippen molar-refractivity contribution in [1.82, 2.24) is 20.1 Å². The predicted octanol–water partition coefficient (Wildman–Crippen LogP) is 5.86. The summed E-state index contributed by atoms with van der Waals surface area (Å²) in [7, 11) is 0. The van der Waals surface area contributed by atoms with Gasteiger partial charge in [0.2, 0.25) is 5.91 Å². The predicted molar refractivity (Wildman–Crippen MR) is 123 cm³/mol. The number of carbonyl (C=O) groups excluding carboxylic acids is 1. The van der Waals surface area contributed by atoms with Crippen LogP contribution >= 0.6 is 23.4 Å². The smallest absolute Gasteiger partial charge is 0.220 e. The Bertz CT molecular complexity index is 1020. The molecule has 5 nitrogen and oxygen atoms in total. The molecule has 3 aromatic rings. The number of amides is 1. The van der Waals surface area contributed by atoms with Crippen LogP contribution in [0.25, 0.3) is 5.69 Å². The van der Waals surface area contributed by atoms with Crippen molar-refractivity contribution in [1.29, 1.82) is 0 Å². The van der Waals surface area contributed by atoms with Gasteiger partial charge in [0.25, 0.3) is 0 Å². The number of hydrogen-bond donors (Lipinski definition) is 1. The van der Waals surface area contributed by atoms with Crippen molar-refractivity contribution >= 4 is 29.3 Å². The first kappa shape index (κ1) is 23.3. The summed E-state index contributed by atoms with van der Waals surface area (Å²) >= 11 is 7.76. The maximum atomic E-state index is 13.2. The van der Waals surface area contributed by atoms with E-state index in [-0.39, 0.29) is 18.3 Å². The lowest BCUT2D eigenvalue weighted by Gasteiger charge is -2.14. The quantitative estimate of drug-likeness (QED) is 0.304. The fourth-order valence-corrected chi connectivity index (χ4v) is 4.19. The highest BCUT2D eigenvalue weighted by atomic mass is 35.5. The molecule has 0 bridgehead atoms. The van der Waals surface area contributed by atoms with E-state index in [2.05, 4.69) is 22.4 Å². The van der Waals surface area contributed by atoms with Gasteiger partial charge in [-0.25, -0.2) is 4.39 Å². The van der Waals surface area contributed by atoms with E-state index < -0.39 is 0 Å². The SMILES string of the molecule is CCCCCC(=O)NCc1nnc(SCc2ccc(F)cc2)n1-c1cc(Cl)ccc1C. The first-order chi connectivity index (χ1) is 15.0. The lowest BCUT2D eigenvalue weighted by Crippen LogP contribution is -2.24. The van der Waals surface area contributed by atoms with Gasteiger partial charge in [-0.05, 0) is 48.7 Å². The van der Waals surface area contributed by atoms with Crippen LogP contribution in [0.5, 0.6) is 0 Å². The third-order valence-electron chi connectivity index (χ3n) is 4.84. The molecular formula is C23H26ClFN4OS. The molecule has 0 atom stereocenters. The molecule has 3 rings (SSSR count). The zero-order valence-electron chi connectivity index (χ0n) is 17.7. The zero-order chi connectivity index (χ0) is 22.2. The highest BCUT2D eigenvalue weighted by Crippen LogP contribution is 2.28. The Morgan fingerprint density at radius 2 is 1.94 bits per heavy atom. The number of halogens is 2. The molecule has 164 valence electrons. The number of thioether (sulfide) groups is 1. The molecule has 1 N–H and O–H groups in total. The Balaban J connectivity index is 1.82. The van der Waals surface area contributed by atoms with Crippen LogP contribution in [-0.2, 0) is 17.1 Å². The molecule has 0 saturated carbocycles. The van der Waals surface area contributed by atoms with Crippen LogP contribution < -0.4 is 5.32 Å². The van der Waals surface area contributed by atoms with Crippen molar-refractivity contribution in [3.63, 3.8) is 0 Å². The molecular weight excluding hydrogens is 435 g/mol. The number of unbranched alkanes of at least 4 members (excludes halogenated alkanes) is 2. The maximum absolute atomic E-state index is 13.2. The van der Waals surface area contributed by atoms with E-state index in [9.17, 15) is 9.18 Å². The van der Waals surface area contributed by atoms with Gasteiger partial charge in [0.1, 0.15) is 5.82 Å². The normalized spacial score (nSPS) is 11.0. The summed E-state index contributed by atoms with van der Waals surface area (Å²) in [5.74, 6) is 0.993. The molecule has 0 aliphatic rings. The van der Waals surface area contributed by atoms with Crippen molar-refractivity contribution in [3.05, 3.63) is 70.3 Å². The average Bonchev–Trinajstić information content (AvgIpc) is 3.16. The van der Waals surface area contributed by atoms with Crippen molar-refractivity contribution in [2.75, 3.05) is 0 Å². The molecule has 0 saturated heterocycles.